The number of rotatable bonds is 3. The molecule has 2 heterocycles. The van der Waals surface area contributed by atoms with Gasteiger partial charge in [-0.15, -0.1) is 11.3 Å². The lowest BCUT2D eigenvalue weighted by Gasteiger charge is -2.48. The van der Waals surface area contributed by atoms with Gasteiger partial charge in [0.15, 0.2) is 0 Å². The zero-order chi connectivity index (χ0) is 13.5. The van der Waals surface area contributed by atoms with Crippen LogP contribution in [-0.2, 0) is 4.74 Å². The van der Waals surface area contributed by atoms with Crippen LogP contribution in [0.15, 0.2) is 6.07 Å². The smallest absolute Gasteiger partial charge is 0.0992 e. The molecule has 1 saturated carbocycles. The van der Waals surface area contributed by atoms with Gasteiger partial charge in [-0.1, -0.05) is 23.2 Å². The zero-order valence-corrected chi connectivity index (χ0v) is 13.4. The van der Waals surface area contributed by atoms with Gasteiger partial charge >= 0.3 is 0 Å². The van der Waals surface area contributed by atoms with E-state index >= 15 is 0 Å². The van der Waals surface area contributed by atoms with Gasteiger partial charge in [0.2, 0.25) is 0 Å². The van der Waals surface area contributed by atoms with Crippen molar-refractivity contribution >= 4 is 34.5 Å². The van der Waals surface area contributed by atoms with Crippen molar-refractivity contribution in [2.75, 3.05) is 13.7 Å². The summed E-state index contributed by atoms with van der Waals surface area (Å²) >= 11 is 13.9. The monoisotopic (exact) mass is 319 g/mol. The highest BCUT2D eigenvalue weighted by molar-refractivity contribution is 7.20. The summed E-state index contributed by atoms with van der Waals surface area (Å²) < 4.78 is 7.60. The van der Waals surface area contributed by atoms with Gasteiger partial charge in [-0.3, -0.25) is 0 Å². The van der Waals surface area contributed by atoms with Crippen molar-refractivity contribution in [2.24, 2.45) is 5.92 Å². The average Bonchev–Trinajstić information content (AvgIpc) is 2.68. The van der Waals surface area contributed by atoms with Gasteiger partial charge in [0, 0.05) is 18.2 Å². The quantitative estimate of drug-likeness (QED) is 0.874. The van der Waals surface area contributed by atoms with Crippen molar-refractivity contribution in [1.82, 2.24) is 5.32 Å². The Balaban J connectivity index is 1.80. The first-order chi connectivity index (χ1) is 9.13. The van der Waals surface area contributed by atoms with E-state index in [-0.39, 0.29) is 11.6 Å². The molecule has 106 valence electrons. The Kier molecular flexibility index (Phi) is 4.12. The molecule has 0 radical (unpaired) electrons. The third-order valence-corrected chi connectivity index (χ3v) is 6.11. The van der Waals surface area contributed by atoms with Crippen molar-refractivity contribution in [3.63, 3.8) is 0 Å². The maximum atomic E-state index is 6.32. The van der Waals surface area contributed by atoms with E-state index in [9.17, 15) is 0 Å². The van der Waals surface area contributed by atoms with E-state index < -0.39 is 0 Å². The molecule has 5 heteroatoms. The van der Waals surface area contributed by atoms with Crippen molar-refractivity contribution in [1.29, 1.82) is 0 Å². The molecule has 2 nitrogen and oxygen atoms in total. The van der Waals surface area contributed by atoms with Crippen LogP contribution in [-0.4, -0.2) is 19.3 Å². The molecule has 2 unspecified atom stereocenters. The molecule has 0 aromatic carbocycles. The third kappa shape index (κ3) is 2.68. The van der Waals surface area contributed by atoms with E-state index in [1.165, 1.54) is 30.6 Å². The molecule has 1 aliphatic carbocycles. The second-order valence-corrected chi connectivity index (χ2v) is 7.97. The number of hydrogen-bond donors (Lipinski definition) is 1. The fourth-order valence-electron chi connectivity index (χ4n) is 3.48. The third-order valence-electron chi connectivity index (χ3n) is 4.60. The van der Waals surface area contributed by atoms with Gasteiger partial charge < -0.3 is 10.1 Å². The molecule has 0 bridgehead atoms. The van der Waals surface area contributed by atoms with Crippen molar-refractivity contribution in [3.05, 3.63) is 20.3 Å². The highest BCUT2D eigenvalue weighted by atomic mass is 35.5. The van der Waals surface area contributed by atoms with Gasteiger partial charge in [0.05, 0.1) is 14.3 Å². The largest absolute Gasteiger partial charge is 0.375 e. The average molecular weight is 320 g/mol. The van der Waals surface area contributed by atoms with Gasteiger partial charge in [-0.05, 0) is 51.1 Å². The normalized spacial score (nSPS) is 27.2. The summed E-state index contributed by atoms with van der Waals surface area (Å²) in [6.45, 7) is 0.873. The predicted octanol–water partition coefficient (Wildman–Crippen LogP) is 4.66. The van der Waals surface area contributed by atoms with Gasteiger partial charge in [-0.25, -0.2) is 0 Å². The molecule has 1 saturated heterocycles. The lowest BCUT2D eigenvalue weighted by Crippen LogP contribution is -2.47. The van der Waals surface area contributed by atoms with Crippen LogP contribution in [0.3, 0.4) is 0 Å². The van der Waals surface area contributed by atoms with Crippen LogP contribution in [0.1, 0.15) is 43.7 Å². The van der Waals surface area contributed by atoms with Crippen molar-refractivity contribution < 1.29 is 4.74 Å². The van der Waals surface area contributed by atoms with E-state index in [4.69, 9.17) is 27.9 Å². The fourth-order valence-corrected chi connectivity index (χ4v) is 5.03. The summed E-state index contributed by atoms with van der Waals surface area (Å²) in [4.78, 5) is 0. The van der Waals surface area contributed by atoms with Crippen LogP contribution in [0.25, 0.3) is 0 Å². The summed E-state index contributed by atoms with van der Waals surface area (Å²) in [6.07, 6.45) is 5.98. The second-order valence-electron chi connectivity index (χ2n) is 5.68. The summed E-state index contributed by atoms with van der Waals surface area (Å²) in [5.74, 6) is 0.585. The van der Waals surface area contributed by atoms with Crippen LogP contribution in [0.4, 0.5) is 0 Å². The van der Waals surface area contributed by atoms with Crippen LogP contribution >= 0.6 is 34.5 Å². The molecule has 19 heavy (non-hydrogen) atoms. The first kappa shape index (κ1) is 14.2. The summed E-state index contributed by atoms with van der Waals surface area (Å²) in [7, 11) is 2.01. The first-order valence-corrected chi connectivity index (χ1v) is 8.47. The molecule has 1 aromatic heterocycles. The van der Waals surface area contributed by atoms with Crippen LogP contribution in [0.5, 0.6) is 0 Å². The number of halogens is 2. The molecular weight excluding hydrogens is 301 g/mol. The molecular formula is C14H19Cl2NOS. The minimum Gasteiger partial charge on any atom is -0.375 e. The van der Waals surface area contributed by atoms with Crippen molar-refractivity contribution in [2.45, 2.75) is 43.7 Å². The molecule has 2 fully saturated rings. The van der Waals surface area contributed by atoms with E-state index in [1.807, 2.05) is 13.1 Å². The maximum Gasteiger partial charge on any atom is 0.0992 e. The van der Waals surface area contributed by atoms with E-state index in [0.29, 0.717) is 5.92 Å². The number of nitrogens with one attached hydrogen (secondary N) is 1. The van der Waals surface area contributed by atoms with E-state index in [1.54, 1.807) is 0 Å². The first-order valence-electron chi connectivity index (χ1n) is 6.89. The summed E-state index contributed by atoms with van der Waals surface area (Å²) in [5.41, 5.74) is 1.32. The lowest BCUT2D eigenvalue weighted by molar-refractivity contribution is -0.147. The zero-order valence-electron chi connectivity index (χ0n) is 11.0. The minimum atomic E-state index is 0.171. The van der Waals surface area contributed by atoms with E-state index in [0.717, 1.165) is 33.7 Å². The molecule has 0 amide bonds. The maximum absolute atomic E-state index is 6.32. The summed E-state index contributed by atoms with van der Waals surface area (Å²) in [5, 5.41) is 3.44. The van der Waals surface area contributed by atoms with Crippen LogP contribution in [0, 0.1) is 5.92 Å². The van der Waals surface area contributed by atoms with Gasteiger partial charge in [0.1, 0.15) is 0 Å². The molecule has 1 aromatic rings. The molecule has 1 spiro atoms. The lowest BCUT2D eigenvalue weighted by atomic mass is 9.70. The number of ether oxygens (including phenoxy) is 1. The molecule has 3 rings (SSSR count). The minimum absolute atomic E-state index is 0.171. The highest BCUT2D eigenvalue weighted by Gasteiger charge is 2.44. The molecule has 2 atom stereocenters. The predicted molar refractivity (Wildman–Crippen MR) is 81.4 cm³/mol. The van der Waals surface area contributed by atoms with Crippen LogP contribution in [0.2, 0.25) is 8.67 Å². The Labute approximate surface area is 128 Å². The van der Waals surface area contributed by atoms with Gasteiger partial charge in [-0.2, -0.15) is 0 Å². The standard InChI is InChI=1S/C14H19Cl2NOS/c1-17-12(10-7-11(15)19-13(10)16)9-3-6-18-14(8-9)4-2-5-14/h7,9,12,17H,2-6,8H2,1H3. The van der Waals surface area contributed by atoms with Crippen LogP contribution < -0.4 is 5.32 Å². The number of thiophene rings is 1. The topological polar surface area (TPSA) is 21.3 Å². The fraction of sp³-hybridized carbons (Fsp3) is 0.714. The molecule has 1 aliphatic heterocycles. The molecule has 1 N–H and O–H groups in total. The highest BCUT2D eigenvalue weighted by Crippen LogP contribution is 2.48. The molecule has 2 aliphatic rings. The summed E-state index contributed by atoms with van der Waals surface area (Å²) in [6, 6.07) is 2.30. The second kappa shape index (κ2) is 5.53. The Morgan fingerprint density at radius 1 is 1.47 bits per heavy atom. The Hall–Kier alpha value is 0.200. The van der Waals surface area contributed by atoms with E-state index in [2.05, 4.69) is 5.32 Å². The Morgan fingerprint density at radius 2 is 2.26 bits per heavy atom. The number of hydrogen-bond acceptors (Lipinski definition) is 3. The SMILES string of the molecule is CNC(c1cc(Cl)sc1Cl)C1CCOC2(CCC2)C1. The Morgan fingerprint density at radius 3 is 2.79 bits per heavy atom. The van der Waals surface area contributed by atoms with Crippen molar-refractivity contribution in [3.8, 4) is 0 Å². The Bertz CT molecular complexity index is 458. The van der Waals surface area contributed by atoms with Gasteiger partial charge in [0.25, 0.3) is 0 Å².